The Labute approximate surface area is 230 Å². The molecule has 0 saturated heterocycles. The minimum Gasteiger partial charge on any atom is -0.457 e. The number of rotatable bonds is 11. The topological polar surface area (TPSA) is 46.5 Å². The van der Waals surface area contributed by atoms with Gasteiger partial charge in [-0.1, -0.05) is 105 Å². The molecule has 0 unspecified atom stereocenters. The van der Waals surface area contributed by atoms with E-state index in [4.69, 9.17) is 4.74 Å². The summed E-state index contributed by atoms with van der Waals surface area (Å²) >= 11 is 0. The van der Waals surface area contributed by atoms with Gasteiger partial charge in [-0.2, -0.15) is 0 Å². The number of carbonyl (C=O) groups excluding carboxylic acids is 1. The Morgan fingerprint density at radius 2 is 1.38 bits per heavy atom. The van der Waals surface area contributed by atoms with E-state index in [1.54, 1.807) is 31.2 Å². The van der Waals surface area contributed by atoms with Crippen molar-refractivity contribution in [1.29, 1.82) is 0 Å². The fraction of sp³-hybridized carbons (Fsp3) is 0.229. The summed E-state index contributed by atoms with van der Waals surface area (Å²) in [7, 11) is 0. The maximum Gasteiger partial charge on any atom is 0.333 e. The van der Waals surface area contributed by atoms with Crippen LogP contribution in [-0.2, 0) is 29.2 Å². The van der Waals surface area contributed by atoms with E-state index >= 15 is 4.39 Å². The highest BCUT2D eigenvalue weighted by Gasteiger charge is 2.12. The largest absolute Gasteiger partial charge is 0.457 e. The summed E-state index contributed by atoms with van der Waals surface area (Å²) in [5.74, 6) is -0.698. The van der Waals surface area contributed by atoms with Gasteiger partial charge in [0, 0.05) is 11.1 Å². The van der Waals surface area contributed by atoms with Gasteiger partial charge in [0.2, 0.25) is 0 Å². The fourth-order valence-corrected chi connectivity index (χ4v) is 4.61. The number of aryl methyl sites for hydroxylation is 1. The highest BCUT2D eigenvalue weighted by molar-refractivity contribution is 5.87. The number of halogens is 1. The van der Waals surface area contributed by atoms with Crippen molar-refractivity contribution in [3.05, 3.63) is 120 Å². The fourth-order valence-electron chi connectivity index (χ4n) is 4.61. The Bertz CT molecular complexity index is 1440. The number of carbonyl (C=O) groups is 1. The molecule has 0 aromatic heterocycles. The van der Waals surface area contributed by atoms with E-state index in [0.29, 0.717) is 11.1 Å². The molecule has 0 aliphatic heterocycles. The van der Waals surface area contributed by atoms with Crippen LogP contribution in [0.1, 0.15) is 49.8 Å². The summed E-state index contributed by atoms with van der Waals surface area (Å²) in [5.41, 5.74) is 8.34. The molecule has 0 radical (unpaired) electrons. The number of unbranched alkanes of at least 4 members (excludes halogenated alkanes) is 2. The second-order valence-electron chi connectivity index (χ2n) is 9.93. The zero-order valence-electron chi connectivity index (χ0n) is 22.7. The van der Waals surface area contributed by atoms with Crippen LogP contribution >= 0.6 is 0 Å². The van der Waals surface area contributed by atoms with Crippen LogP contribution in [0.3, 0.4) is 0 Å². The SMILES string of the molecule is C=C(C)C(=O)OCc1cc(CCCCC)ccc1-c1ccc(-c2ccc(-c3ccc(CO)cc3)c(F)c2)cc1. The molecule has 200 valence electrons. The van der Waals surface area contributed by atoms with Crippen LogP contribution in [0.4, 0.5) is 4.39 Å². The van der Waals surface area contributed by atoms with Crippen molar-refractivity contribution in [3.8, 4) is 33.4 Å². The number of aliphatic hydroxyl groups is 1. The van der Waals surface area contributed by atoms with Crippen molar-refractivity contribution in [2.45, 2.75) is 52.7 Å². The predicted octanol–water partition coefficient (Wildman–Crippen LogP) is 8.67. The first-order valence-corrected chi connectivity index (χ1v) is 13.4. The van der Waals surface area contributed by atoms with Crippen LogP contribution in [0.2, 0.25) is 0 Å². The monoisotopic (exact) mass is 522 g/mol. The van der Waals surface area contributed by atoms with Crippen LogP contribution < -0.4 is 0 Å². The molecule has 0 spiro atoms. The number of esters is 1. The molecule has 1 N–H and O–H groups in total. The highest BCUT2D eigenvalue weighted by Crippen LogP contribution is 2.31. The van der Waals surface area contributed by atoms with Gasteiger partial charge in [0.25, 0.3) is 0 Å². The lowest BCUT2D eigenvalue weighted by molar-refractivity contribution is -0.140. The quantitative estimate of drug-likeness (QED) is 0.122. The molecule has 0 aliphatic rings. The minimum absolute atomic E-state index is 0.0397. The maximum atomic E-state index is 15.1. The van der Waals surface area contributed by atoms with Gasteiger partial charge in [-0.15, -0.1) is 0 Å². The first kappa shape index (κ1) is 28.0. The predicted molar refractivity (Wildman–Crippen MR) is 156 cm³/mol. The molecule has 39 heavy (non-hydrogen) atoms. The summed E-state index contributed by atoms with van der Waals surface area (Å²) < 4.78 is 20.6. The van der Waals surface area contributed by atoms with E-state index in [9.17, 15) is 9.90 Å². The average Bonchev–Trinajstić information content (AvgIpc) is 2.96. The zero-order chi connectivity index (χ0) is 27.8. The minimum atomic E-state index is -0.400. The van der Waals surface area contributed by atoms with Crippen molar-refractivity contribution in [2.24, 2.45) is 0 Å². The molecule has 0 atom stereocenters. The molecule has 0 aliphatic carbocycles. The summed E-state index contributed by atoms with van der Waals surface area (Å²) in [4.78, 5) is 12.1. The summed E-state index contributed by atoms with van der Waals surface area (Å²) in [6, 6.07) is 26.9. The van der Waals surface area contributed by atoms with Crippen molar-refractivity contribution in [2.75, 3.05) is 0 Å². The second kappa shape index (κ2) is 13.2. The van der Waals surface area contributed by atoms with Crippen LogP contribution in [0.25, 0.3) is 33.4 Å². The van der Waals surface area contributed by atoms with Crippen molar-refractivity contribution < 1.29 is 19.0 Å². The molecule has 0 saturated carbocycles. The Balaban J connectivity index is 1.58. The Morgan fingerprint density at radius 1 is 0.795 bits per heavy atom. The summed E-state index contributed by atoms with van der Waals surface area (Å²) in [5, 5.41) is 9.25. The number of ether oxygens (including phenoxy) is 1. The lowest BCUT2D eigenvalue weighted by Crippen LogP contribution is -2.06. The van der Waals surface area contributed by atoms with E-state index in [2.05, 4.69) is 31.7 Å². The van der Waals surface area contributed by atoms with E-state index in [0.717, 1.165) is 58.2 Å². The molecule has 0 amide bonds. The van der Waals surface area contributed by atoms with Gasteiger partial charge < -0.3 is 9.84 Å². The lowest BCUT2D eigenvalue weighted by Gasteiger charge is -2.14. The van der Waals surface area contributed by atoms with Crippen LogP contribution in [0.15, 0.2) is 97.1 Å². The summed E-state index contributed by atoms with van der Waals surface area (Å²) in [6.45, 7) is 7.65. The standard InChI is InChI=1S/C35H35FO3/c1-4-5-6-7-25-10-18-32(31(20-25)23-39-35(38)24(2)3)28-15-13-27(14-16-28)30-17-19-33(34(36)21-30)29-11-8-26(22-37)9-12-29/h8-21,37H,2,4-7,22-23H2,1,3H3. The third-order valence-electron chi connectivity index (χ3n) is 6.89. The number of hydrogen-bond donors (Lipinski definition) is 1. The smallest absolute Gasteiger partial charge is 0.333 e. The molecule has 4 aromatic carbocycles. The van der Waals surface area contributed by atoms with Gasteiger partial charge in [0.05, 0.1) is 6.61 Å². The molecule has 0 heterocycles. The third kappa shape index (κ3) is 7.10. The number of aliphatic hydroxyl groups excluding tert-OH is 1. The van der Waals surface area contributed by atoms with Crippen LogP contribution in [-0.4, -0.2) is 11.1 Å². The van der Waals surface area contributed by atoms with E-state index in [1.165, 1.54) is 12.0 Å². The Hall–Kier alpha value is -4.02. The summed E-state index contributed by atoms with van der Waals surface area (Å²) in [6.07, 6.45) is 4.46. The normalized spacial score (nSPS) is 10.9. The molecular formula is C35H35FO3. The average molecular weight is 523 g/mol. The molecule has 0 bridgehead atoms. The van der Waals surface area contributed by atoms with Gasteiger partial charge in [-0.25, -0.2) is 9.18 Å². The first-order valence-electron chi connectivity index (χ1n) is 13.4. The van der Waals surface area contributed by atoms with Gasteiger partial charge in [0.1, 0.15) is 12.4 Å². The molecule has 4 rings (SSSR count). The first-order chi connectivity index (χ1) is 18.9. The van der Waals surface area contributed by atoms with E-state index in [1.807, 2.05) is 42.5 Å². The third-order valence-corrected chi connectivity index (χ3v) is 6.89. The maximum absolute atomic E-state index is 15.1. The molecule has 4 heteroatoms. The van der Waals surface area contributed by atoms with Gasteiger partial charge in [-0.05, 0) is 70.3 Å². The van der Waals surface area contributed by atoms with Crippen molar-refractivity contribution in [1.82, 2.24) is 0 Å². The van der Waals surface area contributed by atoms with E-state index < -0.39 is 5.97 Å². The van der Waals surface area contributed by atoms with Crippen molar-refractivity contribution >= 4 is 5.97 Å². The van der Waals surface area contributed by atoms with E-state index in [-0.39, 0.29) is 19.0 Å². The molecule has 0 fully saturated rings. The van der Waals surface area contributed by atoms with Crippen molar-refractivity contribution in [3.63, 3.8) is 0 Å². The number of benzene rings is 4. The Kier molecular flexibility index (Phi) is 9.45. The molecule has 4 aromatic rings. The highest BCUT2D eigenvalue weighted by atomic mass is 19.1. The lowest BCUT2D eigenvalue weighted by atomic mass is 9.94. The van der Waals surface area contributed by atoms with Gasteiger partial charge >= 0.3 is 5.97 Å². The second-order valence-corrected chi connectivity index (χ2v) is 9.93. The van der Waals surface area contributed by atoms with Crippen LogP contribution in [0, 0.1) is 5.82 Å². The zero-order valence-corrected chi connectivity index (χ0v) is 22.7. The molecule has 3 nitrogen and oxygen atoms in total. The van der Waals surface area contributed by atoms with Crippen LogP contribution in [0.5, 0.6) is 0 Å². The molecular weight excluding hydrogens is 487 g/mol. The number of hydrogen-bond acceptors (Lipinski definition) is 3. The van der Waals surface area contributed by atoms with Gasteiger partial charge in [0.15, 0.2) is 0 Å². The Morgan fingerprint density at radius 3 is 2.03 bits per heavy atom. The van der Waals surface area contributed by atoms with Gasteiger partial charge in [-0.3, -0.25) is 0 Å².